The van der Waals surface area contributed by atoms with Gasteiger partial charge in [0.25, 0.3) is 0 Å². The summed E-state index contributed by atoms with van der Waals surface area (Å²) in [6.07, 6.45) is -0.213. The minimum atomic E-state index is -0.980. The summed E-state index contributed by atoms with van der Waals surface area (Å²) in [6, 6.07) is 2.61. The molecular formula is C12H17NO4. The number of rotatable bonds is 2. The smallest absolute Gasteiger partial charge is 0.170 e. The lowest BCUT2D eigenvalue weighted by atomic mass is 10.0. The van der Waals surface area contributed by atoms with Gasteiger partial charge < -0.3 is 25.4 Å². The molecule has 1 heterocycles. The average molecular weight is 239 g/mol. The number of benzene rings is 1. The fraction of sp³-hybridized carbons (Fsp3) is 0.500. The van der Waals surface area contributed by atoms with Crippen molar-refractivity contribution in [2.24, 2.45) is 5.73 Å². The van der Waals surface area contributed by atoms with Crippen LogP contribution in [0, 0.1) is 0 Å². The van der Waals surface area contributed by atoms with E-state index in [1.165, 1.54) is 6.07 Å². The Morgan fingerprint density at radius 3 is 2.71 bits per heavy atom. The van der Waals surface area contributed by atoms with Gasteiger partial charge in [0, 0.05) is 12.5 Å². The van der Waals surface area contributed by atoms with Gasteiger partial charge in [0.2, 0.25) is 0 Å². The highest BCUT2D eigenvalue weighted by Gasteiger charge is 2.25. The first-order valence-electron chi connectivity index (χ1n) is 5.66. The van der Waals surface area contributed by atoms with Crippen LogP contribution in [-0.4, -0.2) is 29.5 Å². The lowest BCUT2D eigenvalue weighted by molar-refractivity contribution is 0.144. The Bertz CT molecular complexity index is 406. The minimum absolute atomic E-state index is 0.0287. The van der Waals surface area contributed by atoms with Crippen molar-refractivity contribution >= 4 is 0 Å². The minimum Gasteiger partial charge on any atom is -0.507 e. The van der Waals surface area contributed by atoms with E-state index in [-0.39, 0.29) is 5.75 Å². The second-order valence-electron chi connectivity index (χ2n) is 4.18. The molecule has 1 aliphatic rings. The molecule has 94 valence electrons. The number of aromatic hydroxyl groups is 1. The Labute approximate surface area is 99.8 Å². The molecule has 0 radical (unpaired) electrons. The third-order valence-electron chi connectivity index (χ3n) is 2.72. The Morgan fingerprint density at radius 1 is 1.29 bits per heavy atom. The van der Waals surface area contributed by atoms with E-state index in [9.17, 15) is 10.2 Å². The molecule has 2 unspecified atom stereocenters. The number of hydrogen-bond donors (Lipinski definition) is 3. The first kappa shape index (κ1) is 12.0. The summed E-state index contributed by atoms with van der Waals surface area (Å²) in [5, 5.41) is 19.8. The molecule has 1 aromatic rings. The number of aliphatic hydroxyl groups excluding tert-OH is 1. The molecule has 0 fully saturated rings. The molecular weight excluding hydrogens is 222 g/mol. The molecule has 17 heavy (non-hydrogen) atoms. The van der Waals surface area contributed by atoms with E-state index >= 15 is 0 Å². The molecule has 0 amide bonds. The van der Waals surface area contributed by atoms with E-state index in [4.69, 9.17) is 15.2 Å². The molecule has 0 saturated carbocycles. The summed E-state index contributed by atoms with van der Waals surface area (Å²) in [7, 11) is 0. The predicted molar refractivity (Wildman–Crippen MR) is 62.3 cm³/mol. The van der Waals surface area contributed by atoms with Crippen molar-refractivity contribution in [2.75, 3.05) is 13.2 Å². The molecule has 1 aromatic carbocycles. The summed E-state index contributed by atoms with van der Waals surface area (Å²) in [4.78, 5) is 0. The van der Waals surface area contributed by atoms with Crippen LogP contribution in [0.5, 0.6) is 17.2 Å². The standard InChI is InChI=1S/C12H17NO4/c1-7(13)11(15)10-8(14)3-4-9-12(10)17-6-2-5-16-9/h3-4,7,11,14-15H,2,5-6,13H2,1H3. The van der Waals surface area contributed by atoms with Crippen LogP contribution < -0.4 is 15.2 Å². The van der Waals surface area contributed by atoms with Crippen molar-refractivity contribution in [3.05, 3.63) is 17.7 Å². The molecule has 1 aliphatic heterocycles. The van der Waals surface area contributed by atoms with Crippen LogP contribution in [0.25, 0.3) is 0 Å². The highest BCUT2D eigenvalue weighted by atomic mass is 16.5. The summed E-state index contributed by atoms with van der Waals surface area (Å²) in [5.41, 5.74) is 5.96. The van der Waals surface area contributed by atoms with Crippen molar-refractivity contribution in [2.45, 2.75) is 25.5 Å². The molecule has 0 aromatic heterocycles. The highest BCUT2D eigenvalue weighted by molar-refractivity contribution is 5.55. The van der Waals surface area contributed by atoms with Crippen LogP contribution in [0.4, 0.5) is 0 Å². The molecule has 5 nitrogen and oxygen atoms in total. The summed E-state index contributed by atoms with van der Waals surface area (Å²) in [5.74, 6) is 0.904. The van der Waals surface area contributed by atoms with Crippen LogP contribution in [0.3, 0.4) is 0 Å². The maximum Gasteiger partial charge on any atom is 0.170 e. The Kier molecular flexibility index (Phi) is 3.40. The first-order valence-corrected chi connectivity index (χ1v) is 5.66. The van der Waals surface area contributed by atoms with Gasteiger partial charge in [-0.15, -0.1) is 0 Å². The zero-order valence-corrected chi connectivity index (χ0v) is 9.72. The predicted octanol–water partition coefficient (Wildman–Crippen LogP) is 0.934. The van der Waals surface area contributed by atoms with E-state index in [1.54, 1.807) is 13.0 Å². The summed E-state index contributed by atoms with van der Waals surface area (Å²) in [6.45, 7) is 2.72. The number of hydrogen-bond acceptors (Lipinski definition) is 5. The van der Waals surface area contributed by atoms with Gasteiger partial charge in [-0.2, -0.15) is 0 Å². The fourth-order valence-electron chi connectivity index (χ4n) is 1.80. The van der Waals surface area contributed by atoms with Gasteiger partial charge in [0.15, 0.2) is 11.5 Å². The van der Waals surface area contributed by atoms with Gasteiger partial charge in [-0.1, -0.05) is 0 Å². The van der Waals surface area contributed by atoms with Crippen molar-refractivity contribution in [1.82, 2.24) is 0 Å². The lowest BCUT2D eigenvalue weighted by Gasteiger charge is -2.20. The molecule has 0 bridgehead atoms. The SMILES string of the molecule is CC(N)C(O)c1c(O)ccc2c1OCCCO2. The topological polar surface area (TPSA) is 84.9 Å². The number of phenolic OH excluding ortho intramolecular Hbond substituents is 1. The monoisotopic (exact) mass is 239 g/mol. The molecule has 2 rings (SSSR count). The van der Waals surface area contributed by atoms with E-state index in [0.29, 0.717) is 30.3 Å². The van der Waals surface area contributed by atoms with Gasteiger partial charge in [-0.05, 0) is 19.1 Å². The zero-order valence-electron chi connectivity index (χ0n) is 9.72. The van der Waals surface area contributed by atoms with Gasteiger partial charge in [-0.25, -0.2) is 0 Å². The van der Waals surface area contributed by atoms with Gasteiger partial charge in [0.05, 0.1) is 18.8 Å². The van der Waals surface area contributed by atoms with Crippen LogP contribution in [0.15, 0.2) is 12.1 Å². The Balaban J connectivity index is 2.49. The first-order chi connectivity index (χ1) is 8.11. The van der Waals surface area contributed by atoms with Crippen LogP contribution >= 0.6 is 0 Å². The van der Waals surface area contributed by atoms with Crippen molar-refractivity contribution in [1.29, 1.82) is 0 Å². The second kappa shape index (κ2) is 4.81. The number of fused-ring (bicyclic) bond motifs is 1. The van der Waals surface area contributed by atoms with Gasteiger partial charge >= 0.3 is 0 Å². The normalized spacial score (nSPS) is 18.3. The number of ether oxygens (including phenoxy) is 2. The third kappa shape index (κ3) is 2.30. The van der Waals surface area contributed by atoms with Gasteiger partial charge in [0.1, 0.15) is 11.9 Å². The van der Waals surface area contributed by atoms with Crippen LogP contribution in [0.2, 0.25) is 0 Å². The zero-order chi connectivity index (χ0) is 12.4. The maximum atomic E-state index is 10.0. The van der Waals surface area contributed by atoms with E-state index < -0.39 is 12.1 Å². The average Bonchev–Trinajstić information content (AvgIpc) is 2.53. The van der Waals surface area contributed by atoms with Crippen LogP contribution in [0.1, 0.15) is 25.0 Å². The van der Waals surface area contributed by atoms with Crippen LogP contribution in [-0.2, 0) is 0 Å². The Hall–Kier alpha value is -1.46. The quantitative estimate of drug-likeness (QED) is 0.715. The third-order valence-corrected chi connectivity index (χ3v) is 2.72. The number of aliphatic hydroxyl groups is 1. The number of nitrogens with two attached hydrogens (primary N) is 1. The molecule has 0 spiro atoms. The summed E-state index contributed by atoms with van der Waals surface area (Å²) >= 11 is 0. The van der Waals surface area contributed by atoms with E-state index in [1.807, 2.05) is 0 Å². The molecule has 0 aliphatic carbocycles. The largest absolute Gasteiger partial charge is 0.507 e. The highest BCUT2D eigenvalue weighted by Crippen LogP contribution is 2.42. The number of phenols is 1. The fourth-order valence-corrected chi connectivity index (χ4v) is 1.80. The van der Waals surface area contributed by atoms with Crippen molar-refractivity contribution < 1.29 is 19.7 Å². The summed E-state index contributed by atoms with van der Waals surface area (Å²) < 4.78 is 11.0. The Morgan fingerprint density at radius 2 is 2.00 bits per heavy atom. The maximum absolute atomic E-state index is 10.0. The van der Waals surface area contributed by atoms with Gasteiger partial charge in [-0.3, -0.25) is 0 Å². The lowest BCUT2D eigenvalue weighted by Crippen LogP contribution is -2.25. The molecule has 2 atom stereocenters. The second-order valence-corrected chi connectivity index (χ2v) is 4.18. The van der Waals surface area contributed by atoms with Crippen molar-refractivity contribution in [3.63, 3.8) is 0 Å². The van der Waals surface area contributed by atoms with E-state index in [0.717, 1.165) is 6.42 Å². The molecule has 0 saturated heterocycles. The molecule has 5 heteroatoms. The van der Waals surface area contributed by atoms with Crippen molar-refractivity contribution in [3.8, 4) is 17.2 Å². The molecule has 4 N–H and O–H groups in total. The van der Waals surface area contributed by atoms with E-state index in [2.05, 4.69) is 0 Å².